The Labute approximate surface area is 119 Å². The minimum Gasteiger partial charge on any atom is -0.390 e. The minimum absolute atomic E-state index is 0.101. The van der Waals surface area contributed by atoms with Gasteiger partial charge in [-0.3, -0.25) is 0 Å². The summed E-state index contributed by atoms with van der Waals surface area (Å²) in [7, 11) is -3.53. The van der Waals surface area contributed by atoms with Gasteiger partial charge >= 0.3 is 0 Å². The van der Waals surface area contributed by atoms with E-state index in [4.69, 9.17) is 4.74 Å². The zero-order chi connectivity index (χ0) is 14.8. The Morgan fingerprint density at radius 2 is 2.30 bits per heavy atom. The van der Waals surface area contributed by atoms with Gasteiger partial charge in [0.25, 0.3) is 0 Å². The number of rotatable bonds is 6. The molecule has 1 saturated heterocycles. The van der Waals surface area contributed by atoms with Gasteiger partial charge in [0.05, 0.1) is 18.1 Å². The largest absolute Gasteiger partial charge is 0.390 e. The Bertz CT molecular complexity index is 545. The molecule has 1 fully saturated rings. The molecular formula is C13H22N2O4S. The van der Waals surface area contributed by atoms with Crippen molar-refractivity contribution >= 4 is 10.0 Å². The van der Waals surface area contributed by atoms with Crippen LogP contribution in [0, 0.1) is 5.92 Å². The van der Waals surface area contributed by atoms with E-state index in [1.54, 1.807) is 10.8 Å². The molecule has 1 atom stereocenters. The van der Waals surface area contributed by atoms with Gasteiger partial charge in [-0.2, -0.15) is 0 Å². The van der Waals surface area contributed by atoms with Crippen LogP contribution in [-0.4, -0.2) is 37.8 Å². The summed E-state index contributed by atoms with van der Waals surface area (Å²) >= 11 is 0. The van der Waals surface area contributed by atoms with E-state index < -0.39 is 10.0 Å². The summed E-state index contributed by atoms with van der Waals surface area (Å²) < 4.78 is 34.1. The van der Waals surface area contributed by atoms with Crippen molar-refractivity contribution in [1.29, 1.82) is 0 Å². The highest BCUT2D eigenvalue weighted by Gasteiger charge is 2.22. The number of nitrogens with zero attached hydrogens (tertiary/aromatic N) is 1. The molecule has 0 amide bonds. The first-order chi connectivity index (χ1) is 9.44. The van der Waals surface area contributed by atoms with Crippen LogP contribution in [0.25, 0.3) is 0 Å². The fourth-order valence-corrected chi connectivity index (χ4v) is 3.47. The van der Waals surface area contributed by atoms with Crippen LogP contribution < -0.4 is 4.72 Å². The third-order valence-corrected chi connectivity index (χ3v) is 4.91. The number of nitrogens with one attached hydrogen (secondary N) is 1. The van der Waals surface area contributed by atoms with Crippen molar-refractivity contribution in [2.75, 3.05) is 19.8 Å². The normalized spacial score (nSPS) is 19.9. The van der Waals surface area contributed by atoms with E-state index in [-0.39, 0.29) is 23.5 Å². The molecule has 0 saturated carbocycles. The van der Waals surface area contributed by atoms with E-state index in [0.717, 1.165) is 6.42 Å². The van der Waals surface area contributed by atoms with Gasteiger partial charge in [0.2, 0.25) is 10.0 Å². The van der Waals surface area contributed by atoms with Crippen LogP contribution in [0.5, 0.6) is 0 Å². The molecule has 6 nitrogen and oxygen atoms in total. The molecule has 1 aliphatic rings. The number of sulfonamides is 1. The molecule has 0 radical (unpaired) electrons. The van der Waals surface area contributed by atoms with Gasteiger partial charge < -0.3 is 14.4 Å². The molecule has 1 aromatic rings. The third kappa shape index (κ3) is 3.41. The van der Waals surface area contributed by atoms with E-state index in [1.165, 1.54) is 6.07 Å². The van der Waals surface area contributed by atoms with Gasteiger partial charge in [0.15, 0.2) is 0 Å². The van der Waals surface area contributed by atoms with Crippen molar-refractivity contribution in [2.24, 2.45) is 5.92 Å². The number of aliphatic hydroxyl groups is 1. The second kappa shape index (κ2) is 6.26. The van der Waals surface area contributed by atoms with Crippen LogP contribution in [-0.2, 0) is 21.4 Å². The maximum atomic E-state index is 12.2. The van der Waals surface area contributed by atoms with Crippen LogP contribution in [0.15, 0.2) is 17.2 Å². The minimum atomic E-state index is -3.53. The smallest absolute Gasteiger partial charge is 0.242 e. The first-order valence-corrected chi connectivity index (χ1v) is 8.31. The average Bonchev–Trinajstić information content (AvgIpc) is 3.05. The molecule has 1 aliphatic heterocycles. The van der Waals surface area contributed by atoms with Crippen LogP contribution in [0.3, 0.4) is 0 Å². The highest BCUT2D eigenvalue weighted by molar-refractivity contribution is 7.89. The molecule has 20 heavy (non-hydrogen) atoms. The summed E-state index contributed by atoms with van der Waals surface area (Å²) in [5, 5.41) is 9.30. The van der Waals surface area contributed by atoms with Gasteiger partial charge in [0.1, 0.15) is 0 Å². The highest BCUT2D eigenvalue weighted by atomic mass is 32.2. The van der Waals surface area contributed by atoms with Gasteiger partial charge in [-0.1, -0.05) is 0 Å². The van der Waals surface area contributed by atoms with E-state index in [2.05, 4.69) is 4.72 Å². The number of hydrogen-bond acceptors (Lipinski definition) is 4. The lowest BCUT2D eigenvalue weighted by molar-refractivity contribution is 0.186. The first-order valence-electron chi connectivity index (χ1n) is 6.83. The van der Waals surface area contributed by atoms with Crippen molar-refractivity contribution in [3.05, 3.63) is 18.0 Å². The number of aromatic nitrogens is 1. The number of hydrogen-bond donors (Lipinski definition) is 2. The summed E-state index contributed by atoms with van der Waals surface area (Å²) in [6.45, 7) is 5.41. The van der Waals surface area contributed by atoms with Gasteiger partial charge in [-0.05, 0) is 32.3 Å². The van der Waals surface area contributed by atoms with Crippen LogP contribution in [0.2, 0.25) is 0 Å². The quantitative estimate of drug-likeness (QED) is 0.817. The molecule has 7 heteroatoms. The summed E-state index contributed by atoms with van der Waals surface area (Å²) in [6.07, 6.45) is 2.46. The maximum absolute atomic E-state index is 12.2. The summed E-state index contributed by atoms with van der Waals surface area (Å²) in [5.74, 6) is 0.245. The Morgan fingerprint density at radius 3 is 2.80 bits per heavy atom. The van der Waals surface area contributed by atoms with Crippen molar-refractivity contribution in [2.45, 2.75) is 37.8 Å². The van der Waals surface area contributed by atoms with E-state index in [1.807, 2.05) is 13.8 Å². The Morgan fingerprint density at radius 1 is 1.55 bits per heavy atom. The molecular weight excluding hydrogens is 280 g/mol. The first kappa shape index (κ1) is 15.5. The van der Waals surface area contributed by atoms with Crippen molar-refractivity contribution in [3.63, 3.8) is 0 Å². The van der Waals surface area contributed by atoms with Crippen LogP contribution in [0.4, 0.5) is 0 Å². The molecule has 114 valence electrons. The Kier molecular flexibility index (Phi) is 4.85. The molecule has 0 aliphatic carbocycles. The summed E-state index contributed by atoms with van der Waals surface area (Å²) in [5.41, 5.74) is 0.601. The highest BCUT2D eigenvalue weighted by Crippen LogP contribution is 2.19. The molecule has 2 rings (SSSR count). The molecule has 0 aromatic carbocycles. The predicted octanol–water partition coefficient (Wildman–Crippen LogP) is 0.876. The molecule has 2 N–H and O–H groups in total. The molecule has 2 heterocycles. The fraction of sp³-hybridized carbons (Fsp3) is 0.692. The number of ether oxygens (including phenoxy) is 1. The Balaban J connectivity index is 2.12. The average molecular weight is 302 g/mol. The molecule has 0 spiro atoms. The molecule has 1 aromatic heterocycles. The SMILES string of the molecule is CC(C)n1cc(S(=O)(=O)NCC2CCOC2)cc1CO. The van der Waals surface area contributed by atoms with Gasteiger partial charge in [-0.15, -0.1) is 0 Å². The summed E-state index contributed by atoms with van der Waals surface area (Å²) in [6, 6.07) is 1.62. The van der Waals surface area contributed by atoms with Gasteiger partial charge in [-0.25, -0.2) is 13.1 Å². The van der Waals surface area contributed by atoms with Crippen molar-refractivity contribution in [1.82, 2.24) is 9.29 Å². The maximum Gasteiger partial charge on any atom is 0.242 e. The lowest BCUT2D eigenvalue weighted by atomic mass is 10.1. The van der Waals surface area contributed by atoms with Crippen molar-refractivity contribution < 1.29 is 18.3 Å². The zero-order valence-corrected chi connectivity index (χ0v) is 12.7. The zero-order valence-electron chi connectivity index (χ0n) is 11.9. The second-order valence-corrected chi connectivity index (χ2v) is 7.17. The van der Waals surface area contributed by atoms with E-state index in [0.29, 0.717) is 25.5 Å². The predicted molar refractivity (Wildman–Crippen MR) is 74.9 cm³/mol. The molecule has 1 unspecified atom stereocenters. The lowest BCUT2D eigenvalue weighted by Crippen LogP contribution is -2.29. The standard InChI is InChI=1S/C13H22N2O4S/c1-10(2)15-7-13(5-12(15)8-16)20(17,18)14-6-11-3-4-19-9-11/h5,7,10-11,14,16H,3-4,6,8-9H2,1-2H3. The lowest BCUT2D eigenvalue weighted by Gasteiger charge is -2.11. The molecule has 0 bridgehead atoms. The van der Waals surface area contributed by atoms with E-state index >= 15 is 0 Å². The fourth-order valence-electron chi connectivity index (χ4n) is 2.31. The van der Waals surface area contributed by atoms with E-state index in [9.17, 15) is 13.5 Å². The summed E-state index contributed by atoms with van der Waals surface area (Å²) in [4.78, 5) is 0.203. The number of aliphatic hydroxyl groups excluding tert-OH is 1. The topological polar surface area (TPSA) is 80.6 Å². The van der Waals surface area contributed by atoms with Crippen molar-refractivity contribution in [3.8, 4) is 0 Å². The van der Waals surface area contributed by atoms with Crippen LogP contribution >= 0.6 is 0 Å². The monoisotopic (exact) mass is 302 g/mol. The third-order valence-electron chi connectivity index (χ3n) is 3.52. The second-order valence-electron chi connectivity index (χ2n) is 5.41. The van der Waals surface area contributed by atoms with Crippen LogP contribution in [0.1, 0.15) is 32.0 Å². The van der Waals surface area contributed by atoms with Gasteiger partial charge in [0, 0.05) is 31.1 Å². The Hall–Kier alpha value is -0.890.